The standard InChI is InChI=1S/C22H24F3N7O3S/c1-31-7-9-32(10-8-31)13-18(33)29-16-11-14(4-5-17(16)35-22(23,24)25)20(34)30-21(27)36-19(26)15-3-2-6-28-12-15/h2-6,11-12,26H,7-10,13H2,1H3,(H,29,33)(H2,27,30,34). The highest BCUT2D eigenvalue weighted by molar-refractivity contribution is 8.26. The third kappa shape index (κ3) is 8.32. The maximum absolute atomic E-state index is 12.9. The van der Waals surface area contributed by atoms with Gasteiger partial charge in [-0.25, -0.2) is 0 Å². The fourth-order valence-electron chi connectivity index (χ4n) is 3.22. The number of hydrogen-bond donors (Lipinski definition) is 3. The molecular weight excluding hydrogens is 499 g/mol. The van der Waals surface area contributed by atoms with Crippen LogP contribution in [0.15, 0.2) is 47.7 Å². The highest BCUT2D eigenvalue weighted by Gasteiger charge is 2.32. The summed E-state index contributed by atoms with van der Waals surface area (Å²) in [6, 6.07) is 6.30. The molecule has 1 aliphatic rings. The molecule has 0 aliphatic carbocycles. The Morgan fingerprint density at radius 3 is 2.58 bits per heavy atom. The van der Waals surface area contributed by atoms with E-state index in [1.165, 1.54) is 12.4 Å². The maximum Gasteiger partial charge on any atom is 0.573 e. The van der Waals surface area contributed by atoms with Crippen molar-refractivity contribution in [3.05, 3.63) is 53.9 Å². The molecule has 1 aliphatic heterocycles. The number of hydrogen-bond acceptors (Lipinski definition) is 8. The number of thioether (sulfide) groups is 1. The number of anilines is 1. The van der Waals surface area contributed by atoms with Gasteiger partial charge >= 0.3 is 6.36 Å². The third-order valence-corrected chi connectivity index (χ3v) is 5.77. The molecule has 4 N–H and O–H groups in total. The zero-order valence-corrected chi connectivity index (χ0v) is 20.0. The first-order valence-electron chi connectivity index (χ1n) is 10.7. The molecule has 2 amide bonds. The lowest BCUT2D eigenvalue weighted by molar-refractivity contribution is -0.274. The Bertz CT molecular complexity index is 1140. The summed E-state index contributed by atoms with van der Waals surface area (Å²) in [6.45, 7) is 2.75. The topological polar surface area (TPSA) is 137 Å². The number of alkyl halides is 3. The number of pyridine rings is 1. The van der Waals surface area contributed by atoms with Crippen LogP contribution in [0.3, 0.4) is 0 Å². The molecule has 1 saturated heterocycles. The van der Waals surface area contributed by atoms with Crippen LogP contribution in [-0.4, -0.2) is 82.9 Å². The van der Waals surface area contributed by atoms with Gasteiger partial charge in [0.2, 0.25) is 5.91 Å². The van der Waals surface area contributed by atoms with Gasteiger partial charge < -0.3 is 20.7 Å². The minimum absolute atomic E-state index is 0.00272. The molecule has 1 fully saturated rings. The second kappa shape index (κ2) is 12.0. The number of amides is 2. The van der Waals surface area contributed by atoms with Crippen LogP contribution >= 0.6 is 11.8 Å². The van der Waals surface area contributed by atoms with Gasteiger partial charge in [-0.15, -0.1) is 13.2 Å². The second-order valence-electron chi connectivity index (χ2n) is 7.81. The summed E-state index contributed by atoms with van der Waals surface area (Å²) in [5.41, 5.74) is 5.78. The van der Waals surface area contributed by atoms with Gasteiger partial charge in [-0.2, -0.15) is 4.99 Å². The van der Waals surface area contributed by atoms with E-state index in [1.54, 1.807) is 12.1 Å². The summed E-state index contributed by atoms with van der Waals surface area (Å²) in [6.07, 6.45) is -2.02. The summed E-state index contributed by atoms with van der Waals surface area (Å²) in [5, 5.41) is 10.2. The summed E-state index contributed by atoms with van der Waals surface area (Å²) >= 11 is 0.719. The van der Waals surface area contributed by atoms with Crippen LogP contribution in [0.5, 0.6) is 5.75 Å². The van der Waals surface area contributed by atoms with E-state index in [0.717, 1.165) is 43.1 Å². The molecule has 0 atom stereocenters. The van der Waals surface area contributed by atoms with Crippen LogP contribution in [0, 0.1) is 5.41 Å². The summed E-state index contributed by atoms with van der Waals surface area (Å²) in [5.74, 6) is -2.10. The van der Waals surface area contributed by atoms with Crippen molar-refractivity contribution < 1.29 is 27.5 Å². The van der Waals surface area contributed by atoms with Crippen LogP contribution in [-0.2, 0) is 4.79 Å². The zero-order valence-electron chi connectivity index (χ0n) is 19.2. The molecule has 192 valence electrons. The van der Waals surface area contributed by atoms with Crippen LogP contribution in [0.25, 0.3) is 0 Å². The Morgan fingerprint density at radius 1 is 1.22 bits per heavy atom. The van der Waals surface area contributed by atoms with E-state index in [2.05, 4.69) is 24.9 Å². The third-order valence-electron chi connectivity index (χ3n) is 5.03. The number of halogens is 3. The molecular formula is C22H24F3N7O3S. The summed E-state index contributed by atoms with van der Waals surface area (Å²) in [4.78, 5) is 36.7. The number of ether oxygens (including phenoxy) is 1. The molecule has 0 spiro atoms. The molecule has 1 aromatic carbocycles. The number of aromatic nitrogens is 1. The van der Waals surface area contributed by atoms with Crippen molar-refractivity contribution >= 4 is 39.5 Å². The smallest absolute Gasteiger partial charge is 0.404 e. The van der Waals surface area contributed by atoms with Gasteiger partial charge in [0.05, 0.1) is 12.2 Å². The molecule has 0 unspecified atom stereocenters. The number of carbonyl (C=O) groups excluding carboxylic acids is 2. The second-order valence-corrected chi connectivity index (χ2v) is 8.85. The van der Waals surface area contributed by atoms with Crippen molar-refractivity contribution in [3.63, 3.8) is 0 Å². The number of aliphatic imine (C=N–C) groups is 1. The number of nitrogens with zero attached hydrogens (tertiary/aromatic N) is 4. The number of carbonyl (C=O) groups is 2. The summed E-state index contributed by atoms with van der Waals surface area (Å²) in [7, 11) is 1.95. The number of rotatable bonds is 6. The van der Waals surface area contributed by atoms with E-state index < -0.39 is 23.9 Å². The molecule has 14 heteroatoms. The minimum atomic E-state index is -5.01. The van der Waals surface area contributed by atoms with E-state index >= 15 is 0 Å². The van der Waals surface area contributed by atoms with Gasteiger partial charge in [-0.1, -0.05) is 0 Å². The first-order chi connectivity index (χ1) is 17.0. The Balaban J connectivity index is 1.74. The first kappa shape index (κ1) is 27.1. The lowest BCUT2D eigenvalue weighted by atomic mass is 10.1. The number of piperazine rings is 1. The lowest BCUT2D eigenvalue weighted by Crippen LogP contribution is -2.47. The van der Waals surface area contributed by atoms with Crippen molar-refractivity contribution in [3.8, 4) is 5.75 Å². The van der Waals surface area contributed by atoms with E-state index in [1.807, 2.05) is 11.9 Å². The van der Waals surface area contributed by atoms with Crippen LogP contribution in [0.4, 0.5) is 18.9 Å². The van der Waals surface area contributed by atoms with Gasteiger partial charge in [0.15, 0.2) is 10.9 Å². The maximum atomic E-state index is 12.9. The lowest BCUT2D eigenvalue weighted by Gasteiger charge is -2.31. The fourth-order valence-corrected chi connectivity index (χ4v) is 3.80. The number of likely N-dealkylation sites (N-methyl/N-ethyl adjacent to an activating group) is 1. The van der Waals surface area contributed by atoms with Crippen molar-refractivity contribution in [2.24, 2.45) is 10.7 Å². The summed E-state index contributed by atoms with van der Waals surface area (Å²) < 4.78 is 42.7. The van der Waals surface area contributed by atoms with Crippen molar-refractivity contribution in [1.82, 2.24) is 14.8 Å². The highest BCUT2D eigenvalue weighted by Crippen LogP contribution is 2.31. The largest absolute Gasteiger partial charge is 0.573 e. The van der Waals surface area contributed by atoms with E-state index in [0.29, 0.717) is 18.7 Å². The molecule has 2 heterocycles. The van der Waals surface area contributed by atoms with Gasteiger partial charge in [-0.3, -0.25) is 24.9 Å². The quantitative estimate of drug-likeness (QED) is 0.388. The SMILES string of the molecule is CN1CCN(CC(=O)Nc2cc(C(=O)N=C(N)SC(=N)c3cccnc3)ccc2OC(F)(F)F)CC1. The van der Waals surface area contributed by atoms with Gasteiger partial charge in [-0.05, 0) is 49.1 Å². The molecule has 0 radical (unpaired) electrons. The average molecular weight is 524 g/mol. The Hall–Kier alpha value is -3.49. The Labute approximate surface area is 209 Å². The number of nitrogens with two attached hydrogens (primary N) is 1. The van der Waals surface area contributed by atoms with Gasteiger partial charge in [0.25, 0.3) is 5.91 Å². The monoisotopic (exact) mass is 523 g/mol. The van der Waals surface area contributed by atoms with Gasteiger partial charge in [0.1, 0.15) is 5.04 Å². The predicted molar refractivity (Wildman–Crippen MR) is 130 cm³/mol. The normalized spacial score (nSPS) is 15.4. The van der Waals surface area contributed by atoms with Crippen molar-refractivity contribution in [2.45, 2.75) is 6.36 Å². The molecule has 3 rings (SSSR count). The first-order valence-corrected chi connectivity index (χ1v) is 11.5. The number of benzene rings is 1. The number of amidine groups is 1. The van der Waals surface area contributed by atoms with Crippen LogP contribution in [0.1, 0.15) is 15.9 Å². The van der Waals surface area contributed by atoms with Crippen molar-refractivity contribution in [2.75, 3.05) is 45.1 Å². The highest BCUT2D eigenvalue weighted by atomic mass is 32.2. The fraction of sp³-hybridized carbons (Fsp3) is 0.318. The van der Waals surface area contributed by atoms with Crippen LogP contribution in [0.2, 0.25) is 0 Å². The Kier molecular flexibility index (Phi) is 9.01. The number of nitrogens with one attached hydrogen (secondary N) is 2. The molecule has 36 heavy (non-hydrogen) atoms. The predicted octanol–water partition coefficient (Wildman–Crippen LogP) is 2.38. The minimum Gasteiger partial charge on any atom is -0.404 e. The average Bonchev–Trinajstić information content (AvgIpc) is 2.81. The van der Waals surface area contributed by atoms with Crippen molar-refractivity contribution in [1.29, 1.82) is 5.41 Å². The van der Waals surface area contributed by atoms with Crippen LogP contribution < -0.4 is 15.8 Å². The molecule has 2 aromatic rings. The zero-order chi connectivity index (χ0) is 26.3. The van der Waals surface area contributed by atoms with Gasteiger partial charge in [0, 0.05) is 49.7 Å². The molecule has 10 nitrogen and oxygen atoms in total. The molecule has 0 bridgehead atoms. The molecule has 0 saturated carbocycles. The van der Waals surface area contributed by atoms with E-state index in [-0.39, 0.29) is 28.0 Å². The van der Waals surface area contributed by atoms with E-state index in [9.17, 15) is 22.8 Å². The molecule has 1 aromatic heterocycles. The Morgan fingerprint density at radius 2 is 1.94 bits per heavy atom. The van der Waals surface area contributed by atoms with E-state index in [4.69, 9.17) is 11.1 Å².